The number of aromatic nitrogens is 3. The van der Waals surface area contributed by atoms with E-state index in [-0.39, 0.29) is 16.8 Å². The van der Waals surface area contributed by atoms with Crippen molar-refractivity contribution in [3.05, 3.63) is 34.5 Å². The van der Waals surface area contributed by atoms with Gasteiger partial charge in [0.05, 0.1) is 18.5 Å². The zero-order valence-corrected chi connectivity index (χ0v) is 15.5. The molecule has 0 unspecified atom stereocenters. The third-order valence-electron chi connectivity index (χ3n) is 6.27. The molecule has 2 aliphatic rings. The van der Waals surface area contributed by atoms with E-state index >= 15 is 0 Å². The van der Waals surface area contributed by atoms with Crippen LogP contribution in [-0.4, -0.2) is 27.5 Å². The number of esters is 1. The van der Waals surface area contributed by atoms with Gasteiger partial charge in [0.2, 0.25) is 0 Å². The fraction of sp³-hybridized carbons (Fsp3) is 0.632. The summed E-state index contributed by atoms with van der Waals surface area (Å²) in [7, 11) is 1.84. The Labute approximate surface area is 147 Å². The lowest BCUT2D eigenvalue weighted by atomic mass is 9.51. The van der Waals surface area contributed by atoms with Gasteiger partial charge in [-0.15, -0.1) is 0 Å². The lowest BCUT2D eigenvalue weighted by Gasteiger charge is -2.51. The molecule has 0 aliphatic heterocycles. The molecule has 0 bridgehead atoms. The average Bonchev–Trinajstić information content (AvgIpc) is 3.11. The van der Waals surface area contributed by atoms with Crippen molar-refractivity contribution in [2.75, 3.05) is 6.61 Å². The quantitative estimate of drug-likeness (QED) is 0.784. The average molecular weight is 343 g/mol. The molecule has 134 valence electrons. The summed E-state index contributed by atoms with van der Waals surface area (Å²) in [5.41, 5.74) is 3.59. The van der Waals surface area contributed by atoms with Crippen molar-refractivity contribution in [2.24, 2.45) is 13.0 Å². The highest BCUT2D eigenvalue weighted by Gasteiger charge is 2.56. The summed E-state index contributed by atoms with van der Waals surface area (Å²) in [5, 5.41) is 8.84. The third-order valence-corrected chi connectivity index (χ3v) is 6.27. The lowest BCUT2D eigenvalue weighted by molar-refractivity contribution is 0.0511. The Morgan fingerprint density at radius 2 is 2.20 bits per heavy atom. The number of nitrogens with zero attached hydrogens (tertiary/aromatic N) is 3. The molecule has 2 aromatic rings. The van der Waals surface area contributed by atoms with Crippen LogP contribution < -0.4 is 0 Å². The maximum atomic E-state index is 12.4. The van der Waals surface area contributed by atoms with Crippen LogP contribution in [0, 0.1) is 5.92 Å². The first kappa shape index (κ1) is 16.4. The fourth-order valence-electron chi connectivity index (χ4n) is 5.33. The van der Waals surface area contributed by atoms with Crippen LogP contribution in [0.15, 0.2) is 10.7 Å². The summed E-state index contributed by atoms with van der Waals surface area (Å²) in [6.07, 6.45) is 4.51. The number of hydrogen-bond acceptors (Lipinski definition) is 5. The van der Waals surface area contributed by atoms with Gasteiger partial charge >= 0.3 is 5.97 Å². The molecule has 2 atom stereocenters. The molecule has 0 saturated heterocycles. The summed E-state index contributed by atoms with van der Waals surface area (Å²) in [6, 6.07) is 0. The fourth-order valence-corrected chi connectivity index (χ4v) is 5.33. The molecule has 4 rings (SSSR count). The maximum absolute atomic E-state index is 12.4. The summed E-state index contributed by atoms with van der Waals surface area (Å²) < 4.78 is 12.6. The van der Waals surface area contributed by atoms with Crippen molar-refractivity contribution in [3.63, 3.8) is 0 Å². The largest absolute Gasteiger partial charge is 0.461 e. The van der Waals surface area contributed by atoms with Crippen molar-refractivity contribution < 1.29 is 14.1 Å². The minimum Gasteiger partial charge on any atom is -0.461 e. The van der Waals surface area contributed by atoms with Crippen LogP contribution in [0.4, 0.5) is 0 Å². The zero-order valence-electron chi connectivity index (χ0n) is 15.5. The molecule has 0 spiro atoms. The van der Waals surface area contributed by atoms with Gasteiger partial charge < -0.3 is 9.26 Å². The van der Waals surface area contributed by atoms with E-state index in [0.717, 1.165) is 41.8 Å². The van der Waals surface area contributed by atoms with Crippen LogP contribution in [0.1, 0.15) is 67.2 Å². The Balaban J connectivity index is 1.87. The van der Waals surface area contributed by atoms with Crippen LogP contribution in [0.25, 0.3) is 0 Å². The number of carbonyl (C=O) groups is 1. The number of hydrogen-bond donors (Lipinski definition) is 0. The highest BCUT2D eigenvalue weighted by molar-refractivity contribution is 5.89. The van der Waals surface area contributed by atoms with Gasteiger partial charge in [-0.2, -0.15) is 5.10 Å². The Morgan fingerprint density at radius 3 is 2.92 bits per heavy atom. The van der Waals surface area contributed by atoms with Crippen molar-refractivity contribution in [1.82, 2.24) is 14.9 Å². The molecule has 6 nitrogen and oxygen atoms in total. The first-order valence-electron chi connectivity index (χ1n) is 8.98. The number of rotatable bonds is 2. The molecule has 0 aromatic carbocycles. The topological polar surface area (TPSA) is 70.2 Å². The summed E-state index contributed by atoms with van der Waals surface area (Å²) >= 11 is 0. The molecule has 2 aliphatic carbocycles. The van der Waals surface area contributed by atoms with E-state index in [4.69, 9.17) is 14.4 Å². The third kappa shape index (κ3) is 2.06. The maximum Gasteiger partial charge on any atom is 0.356 e. The Bertz CT molecular complexity index is 848. The smallest absolute Gasteiger partial charge is 0.356 e. The van der Waals surface area contributed by atoms with E-state index in [2.05, 4.69) is 25.9 Å². The molecule has 6 heteroatoms. The number of ether oxygens (including phenoxy) is 1. The Kier molecular flexibility index (Phi) is 3.40. The van der Waals surface area contributed by atoms with Crippen LogP contribution >= 0.6 is 0 Å². The highest BCUT2D eigenvalue weighted by atomic mass is 16.5. The summed E-state index contributed by atoms with van der Waals surface area (Å²) in [6.45, 7) is 8.94. The van der Waals surface area contributed by atoms with Crippen LogP contribution in [0.3, 0.4) is 0 Å². The Morgan fingerprint density at radius 1 is 1.44 bits per heavy atom. The number of carbonyl (C=O) groups excluding carboxylic acids is 1. The number of aryl methyl sites for hydroxylation is 1. The van der Waals surface area contributed by atoms with Gasteiger partial charge in [0.25, 0.3) is 0 Å². The van der Waals surface area contributed by atoms with Gasteiger partial charge in [-0.05, 0) is 32.1 Å². The molecule has 0 radical (unpaired) electrons. The van der Waals surface area contributed by atoms with Crippen LogP contribution in [-0.2, 0) is 35.5 Å². The van der Waals surface area contributed by atoms with E-state index in [1.807, 2.05) is 20.2 Å². The van der Waals surface area contributed by atoms with Crippen LogP contribution in [0.2, 0.25) is 0 Å². The van der Waals surface area contributed by atoms with Gasteiger partial charge in [0.15, 0.2) is 0 Å². The predicted octanol–water partition coefficient (Wildman–Crippen LogP) is 2.94. The minimum absolute atomic E-state index is 0.113. The normalized spacial score (nSPS) is 26.5. The monoisotopic (exact) mass is 343 g/mol. The number of fused-ring (bicyclic) bond motifs is 4. The molecule has 0 saturated carbocycles. The van der Waals surface area contributed by atoms with Crippen molar-refractivity contribution in [2.45, 2.75) is 57.8 Å². The SMILES string of the molecule is CCOC(=O)c1c2c(nn1C)[C@@]1(C)Cc3cnoc3C(C)(C)[C@@H]1CC2. The lowest BCUT2D eigenvalue weighted by Crippen LogP contribution is -2.51. The van der Waals surface area contributed by atoms with Gasteiger partial charge in [0.1, 0.15) is 11.5 Å². The molecule has 0 N–H and O–H groups in total. The van der Waals surface area contributed by atoms with E-state index in [9.17, 15) is 4.79 Å². The molecule has 25 heavy (non-hydrogen) atoms. The summed E-state index contributed by atoms with van der Waals surface area (Å²) in [4.78, 5) is 12.4. The first-order chi connectivity index (χ1) is 11.8. The van der Waals surface area contributed by atoms with E-state index in [1.54, 1.807) is 4.68 Å². The molecule has 0 fully saturated rings. The molecule has 0 amide bonds. The van der Waals surface area contributed by atoms with E-state index < -0.39 is 0 Å². The van der Waals surface area contributed by atoms with E-state index in [0.29, 0.717) is 18.2 Å². The molecule has 2 heterocycles. The minimum atomic E-state index is -0.276. The zero-order chi connectivity index (χ0) is 18.0. The molecule has 2 aromatic heterocycles. The summed E-state index contributed by atoms with van der Waals surface area (Å²) in [5.74, 6) is 1.11. The molecular formula is C19H25N3O3. The van der Waals surface area contributed by atoms with Gasteiger partial charge in [-0.1, -0.05) is 25.9 Å². The second kappa shape index (κ2) is 5.19. The van der Waals surface area contributed by atoms with Crippen LogP contribution in [0.5, 0.6) is 0 Å². The Hall–Kier alpha value is -2.11. The first-order valence-corrected chi connectivity index (χ1v) is 8.98. The van der Waals surface area contributed by atoms with Gasteiger partial charge in [0, 0.05) is 29.0 Å². The standard InChI is InChI=1S/C19H25N3O3/c1-6-24-17(23)14-12-7-8-13-18(2,3)16-11(10-20-25-16)9-19(13,4)15(12)21-22(14)5/h10,13H,6-9H2,1-5H3/t13-,19-/m0/s1. The molecular weight excluding hydrogens is 318 g/mol. The van der Waals surface area contributed by atoms with Gasteiger partial charge in [-0.3, -0.25) is 4.68 Å². The predicted molar refractivity (Wildman–Crippen MR) is 91.6 cm³/mol. The van der Waals surface area contributed by atoms with Crippen molar-refractivity contribution >= 4 is 5.97 Å². The second-order valence-electron chi connectivity index (χ2n) is 8.11. The second-order valence-corrected chi connectivity index (χ2v) is 8.11. The van der Waals surface area contributed by atoms with Crippen molar-refractivity contribution in [1.29, 1.82) is 0 Å². The van der Waals surface area contributed by atoms with Crippen molar-refractivity contribution in [3.8, 4) is 0 Å². The van der Waals surface area contributed by atoms with E-state index in [1.165, 1.54) is 0 Å². The van der Waals surface area contributed by atoms with Gasteiger partial charge in [-0.25, -0.2) is 4.79 Å². The highest BCUT2D eigenvalue weighted by Crippen LogP contribution is 2.56.